The molecule has 0 amide bonds. The number of rotatable bonds is 7. The third-order valence-corrected chi connectivity index (χ3v) is 1.90. The van der Waals surface area contributed by atoms with Gasteiger partial charge in [0.1, 0.15) is 0 Å². The first-order chi connectivity index (χ1) is 7.68. The Hall–Kier alpha value is -0.780. The van der Waals surface area contributed by atoms with Gasteiger partial charge < -0.3 is 0 Å². The average molecular weight is 224 g/mol. The van der Waals surface area contributed by atoms with Crippen LogP contribution in [0.5, 0.6) is 0 Å². The van der Waals surface area contributed by atoms with E-state index in [0.717, 1.165) is 12.3 Å². The maximum atomic E-state index is 3.66. The van der Waals surface area contributed by atoms with E-state index in [2.05, 4.69) is 47.1 Å². The van der Waals surface area contributed by atoms with Crippen molar-refractivity contribution < 1.29 is 0 Å². The van der Waals surface area contributed by atoms with Gasteiger partial charge in [-0.15, -0.1) is 26.3 Å². The molecule has 0 fully saturated rings. The summed E-state index contributed by atoms with van der Waals surface area (Å²) in [7, 11) is 0. The van der Waals surface area contributed by atoms with Crippen molar-refractivity contribution in [2.45, 2.75) is 59.3 Å². The van der Waals surface area contributed by atoms with Crippen LogP contribution in [0.15, 0.2) is 38.5 Å². The van der Waals surface area contributed by atoms with Crippen LogP contribution in [0.2, 0.25) is 0 Å². The van der Waals surface area contributed by atoms with Crippen molar-refractivity contribution in [1.29, 1.82) is 0 Å². The normalized spacial score (nSPS) is 8.25. The topological polar surface area (TPSA) is 0 Å². The van der Waals surface area contributed by atoms with Crippen molar-refractivity contribution >= 4 is 0 Å². The van der Waals surface area contributed by atoms with Gasteiger partial charge in [0.05, 0.1) is 0 Å². The Balaban J connectivity index is -0.000000188. The first-order valence-electron chi connectivity index (χ1n) is 6.40. The largest absolute Gasteiger partial charge is 0.106 e. The van der Waals surface area contributed by atoms with Crippen molar-refractivity contribution in [3.8, 4) is 0 Å². The van der Waals surface area contributed by atoms with Crippen molar-refractivity contribution in [1.82, 2.24) is 0 Å². The highest BCUT2D eigenvalue weighted by atomic mass is 13.9. The summed E-state index contributed by atoms with van der Waals surface area (Å²) in [6, 6.07) is 0. The van der Waals surface area contributed by atoms with Crippen LogP contribution in [0, 0.1) is 5.92 Å². The van der Waals surface area contributed by atoms with Gasteiger partial charge in [-0.3, -0.25) is 0 Å². The smallest absolute Gasteiger partial charge is 0.0330 e. The summed E-state index contributed by atoms with van der Waals surface area (Å²) < 4.78 is 0. The lowest BCUT2D eigenvalue weighted by atomic mass is 10.1. The van der Waals surface area contributed by atoms with Crippen LogP contribution in [0.3, 0.4) is 0 Å². The molecular weight excluding hydrogens is 192 g/mol. The van der Waals surface area contributed by atoms with E-state index in [1.54, 1.807) is 0 Å². The van der Waals surface area contributed by atoms with E-state index in [0.29, 0.717) is 0 Å². The quantitative estimate of drug-likeness (QED) is 0.358. The van der Waals surface area contributed by atoms with Gasteiger partial charge in [0.25, 0.3) is 0 Å². The molecular formula is C16H32. The van der Waals surface area contributed by atoms with E-state index < -0.39 is 0 Å². The predicted molar refractivity (Wildman–Crippen MR) is 79.9 cm³/mol. The Morgan fingerprint density at radius 3 is 1.75 bits per heavy atom. The number of hydrogen-bond acceptors (Lipinski definition) is 0. The number of hydrogen-bond donors (Lipinski definition) is 0. The molecule has 0 aromatic heterocycles. The second-order valence-electron chi connectivity index (χ2n) is 4.06. The van der Waals surface area contributed by atoms with E-state index >= 15 is 0 Å². The Labute approximate surface area is 104 Å². The SMILES string of the molecule is C=C.C=CCC(C)C.C=CCCCCCC. The third kappa shape index (κ3) is 37.9. The highest BCUT2D eigenvalue weighted by Gasteiger charge is 1.82. The fourth-order valence-corrected chi connectivity index (χ4v) is 1.05. The van der Waals surface area contributed by atoms with Gasteiger partial charge in [-0.1, -0.05) is 52.2 Å². The molecule has 0 N–H and O–H groups in total. The van der Waals surface area contributed by atoms with E-state index in [-0.39, 0.29) is 0 Å². The van der Waals surface area contributed by atoms with E-state index in [1.807, 2.05) is 12.2 Å². The van der Waals surface area contributed by atoms with Crippen LogP contribution in [0.25, 0.3) is 0 Å². The van der Waals surface area contributed by atoms with Crippen molar-refractivity contribution in [2.75, 3.05) is 0 Å². The molecule has 0 aliphatic carbocycles. The number of unbranched alkanes of at least 4 members (excludes halogenated alkanes) is 4. The summed E-state index contributed by atoms with van der Waals surface area (Å²) in [5.74, 6) is 0.780. The molecule has 0 rings (SSSR count). The lowest BCUT2D eigenvalue weighted by Crippen LogP contribution is -1.78. The van der Waals surface area contributed by atoms with Gasteiger partial charge in [0, 0.05) is 0 Å². The number of allylic oxidation sites excluding steroid dienone is 2. The van der Waals surface area contributed by atoms with Crippen LogP contribution < -0.4 is 0 Å². The summed E-state index contributed by atoms with van der Waals surface area (Å²) in [5, 5.41) is 0. The average Bonchev–Trinajstić information content (AvgIpc) is 2.28. The standard InChI is InChI=1S/C8H16.C6H12.C2H4/c1-3-5-7-8-6-4-2;1-4-5-6(2)3;1-2/h3H,1,4-8H2,2H3;4,6H,1,5H2,2-3H3;1-2H2. The molecule has 0 spiro atoms. The van der Waals surface area contributed by atoms with Crippen molar-refractivity contribution in [3.63, 3.8) is 0 Å². The zero-order chi connectivity index (χ0) is 13.2. The Kier molecular flexibility index (Phi) is 30.6. The molecule has 0 saturated heterocycles. The highest BCUT2D eigenvalue weighted by Crippen LogP contribution is 2.01. The minimum absolute atomic E-state index is 0.780. The fraction of sp³-hybridized carbons (Fsp3) is 0.625. The zero-order valence-electron chi connectivity index (χ0n) is 11.8. The first kappa shape index (κ1) is 20.6. The minimum Gasteiger partial charge on any atom is -0.106 e. The molecule has 96 valence electrons. The van der Waals surface area contributed by atoms with Gasteiger partial charge in [-0.25, -0.2) is 0 Å². The summed E-state index contributed by atoms with van der Waals surface area (Å²) in [5.41, 5.74) is 0. The maximum absolute atomic E-state index is 3.66. The van der Waals surface area contributed by atoms with E-state index in [1.165, 1.54) is 32.1 Å². The monoisotopic (exact) mass is 224 g/mol. The van der Waals surface area contributed by atoms with Gasteiger partial charge >= 0.3 is 0 Å². The summed E-state index contributed by atoms with van der Waals surface area (Å²) in [4.78, 5) is 0. The van der Waals surface area contributed by atoms with Gasteiger partial charge in [0.2, 0.25) is 0 Å². The Bertz CT molecular complexity index is 122. The van der Waals surface area contributed by atoms with Gasteiger partial charge in [0.15, 0.2) is 0 Å². The maximum Gasteiger partial charge on any atom is -0.0330 e. The van der Waals surface area contributed by atoms with Crippen LogP contribution in [0.1, 0.15) is 59.3 Å². The van der Waals surface area contributed by atoms with Gasteiger partial charge in [-0.2, -0.15) is 0 Å². The summed E-state index contributed by atoms with van der Waals surface area (Å²) >= 11 is 0. The summed E-state index contributed by atoms with van der Waals surface area (Å²) in [6.45, 7) is 19.9. The first-order valence-corrected chi connectivity index (χ1v) is 6.40. The van der Waals surface area contributed by atoms with E-state index in [9.17, 15) is 0 Å². The fourth-order valence-electron chi connectivity index (χ4n) is 1.05. The molecule has 16 heavy (non-hydrogen) atoms. The second-order valence-corrected chi connectivity index (χ2v) is 4.06. The van der Waals surface area contributed by atoms with Crippen LogP contribution >= 0.6 is 0 Å². The lowest BCUT2D eigenvalue weighted by molar-refractivity contribution is 0.664. The molecule has 0 unspecified atom stereocenters. The molecule has 0 nitrogen and oxygen atoms in total. The molecule has 0 saturated carbocycles. The summed E-state index contributed by atoms with van der Waals surface area (Å²) in [6.07, 6.45) is 11.7. The van der Waals surface area contributed by atoms with Crippen molar-refractivity contribution in [3.05, 3.63) is 38.5 Å². The molecule has 0 aliphatic rings. The van der Waals surface area contributed by atoms with E-state index in [4.69, 9.17) is 0 Å². The predicted octanol–water partition coefficient (Wildman–Crippen LogP) is 6.16. The molecule has 0 heteroatoms. The third-order valence-electron chi connectivity index (χ3n) is 1.90. The molecule has 0 atom stereocenters. The second kappa shape index (κ2) is 23.8. The molecule has 0 bridgehead atoms. The molecule has 0 aromatic rings. The molecule has 0 aliphatic heterocycles. The Morgan fingerprint density at radius 1 is 0.938 bits per heavy atom. The van der Waals surface area contributed by atoms with Crippen molar-refractivity contribution in [2.24, 2.45) is 5.92 Å². The highest BCUT2D eigenvalue weighted by molar-refractivity contribution is 4.67. The van der Waals surface area contributed by atoms with Crippen LogP contribution in [0.4, 0.5) is 0 Å². The van der Waals surface area contributed by atoms with Gasteiger partial charge in [-0.05, 0) is 25.2 Å². The Morgan fingerprint density at radius 2 is 1.50 bits per heavy atom. The molecule has 0 heterocycles. The lowest BCUT2D eigenvalue weighted by Gasteiger charge is -1.92. The zero-order valence-corrected chi connectivity index (χ0v) is 11.8. The van der Waals surface area contributed by atoms with Crippen LogP contribution in [-0.2, 0) is 0 Å². The minimum atomic E-state index is 0.780. The van der Waals surface area contributed by atoms with Crippen LogP contribution in [-0.4, -0.2) is 0 Å². The molecule has 0 radical (unpaired) electrons. The molecule has 0 aromatic carbocycles.